The maximum absolute atomic E-state index is 11.8. The van der Waals surface area contributed by atoms with Crippen LogP contribution in [0.4, 0.5) is 5.69 Å². The Hall–Kier alpha value is -2.56. The molecule has 3 rings (SSSR count). The van der Waals surface area contributed by atoms with Crippen molar-refractivity contribution >= 4 is 16.8 Å². The largest absolute Gasteiger partial charge is 0.436 e. The van der Waals surface area contributed by atoms with Gasteiger partial charge in [-0.3, -0.25) is 4.79 Å². The summed E-state index contributed by atoms with van der Waals surface area (Å²) in [5.74, 6) is 0.303. The quantitative estimate of drug-likeness (QED) is 0.639. The van der Waals surface area contributed by atoms with E-state index in [2.05, 4.69) is 9.97 Å². The number of hydrogen-bond acceptors (Lipinski definition) is 4. The molecule has 5 nitrogen and oxygen atoms in total. The van der Waals surface area contributed by atoms with Gasteiger partial charge in [-0.05, 0) is 19.1 Å². The first-order valence-electron chi connectivity index (χ1n) is 5.49. The second kappa shape index (κ2) is 3.73. The van der Waals surface area contributed by atoms with E-state index in [0.29, 0.717) is 28.2 Å². The number of H-pyrrole nitrogens is 1. The van der Waals surface area contributed by atoms with Gasteiger partial charge < -0.3 is 15.1 Å². The van der Waals surface area contributed by atoms with Crippen LogP contribution in [0.5, 0.6) is 0 Å². The molecule has 0 aliphatic rings. The zero-order valence-electron chi connectivity index (χ0n) is 9.73. The molecular weight excluding hydrogens is 230 g/mol. The predicted octanol–water partition coefficient (Wildman–Crippen LogP) is 2.07. The first-order chi connectivity index (χ1) is 8.63. The Morgan fingerprint density at radius 3 is 2.94 bits per heavy atom. The highest BCUT2D eigenvalue weighted by atomic mass is 16.3. The van der Waals surface area contributed by atoms with E-state index in [9.17, 15) is 4.79 Å². The number of aryl methyl sites for hydroxylation is 1. The Bertz CT molecular complexity index is 786. The molecule has 0 fully saturated rings. The second-order valence-corrected chi connectivity index (χ2v) is 4.14. The van der Waals surface area contributed by atoms with Gasteiger partial charge in [-0.2, -0.15) is 0 Å². The van der Waals surface area contributed by atoms with Crippen LogP contribution >= 0.6 is 0 Å². The summed E-state index contributed by atoms with van der Waals surface area (Å²) in [6.45, 7) is 1.82. The monoisotopic (exact) mass is 241 g/mol. The maximum atomic E-state index is 11.8. The predicted molar refractivity (Wildman–Crippen MR) is 69.2 cm³/mol. The molecule has 0 saturated carbocycles. The van der Waals surface area contributed by atoms with Gasteiger partial charge in [0, 0.05) is 29.7 Å². The zero-order valence-corrected chi connectivity index (χ0v) is 9.73. The smallest absolute Gasteiger partial charge is 0.232 e. The van der Waals surface area contributed by atoms with Gasteiger partial charge >= 0.3 is 0 Å². The molecule has 0 amide bonds. The summed E-state index contributed by atoms with van der Waals surface area (Å²) < 4.78 is 5.54. The molecule has 0 atom stereocenters. The van der Waals surface area contributed by atoms with Crippen LogP contribution in [0, 0.1) is 6.92 Å². The highest BCUT2D eigenvalue weighted by Crippen LogP contribution is 2.23. The standard InChI is InChI=1S/C13H11N3O2/c1-7-4-11(17)9(6-15-7)13-16-10-3-2-8(14)5-12(10)18-13/h2-6H,14H2,1H3,(H,15,17). The van der Waals surface area contributed by atoms with Gasteiger partial charge in [0.15, 0.2) is 11.0 Å². The van der Waals surface area contributed by atoms with Gasteiger partial charge in [0.2, 0.25) is 5.89 Å². The minimum Gasteiger partial charge on any atom is -0.436 e. The molecule has 0 radical (unpaired) electrons. The van der Waals surface area contributed by atoms with Crippen LogP contribution in [-0.2, 0) is 0 Å². The summed E-state index contributed by atoms with van der Waals surface area (Å²) in [7, 11) is 0. The van der Waals surface area contributed by atoms with Crippen LogP contribution in [0.25, 0.3) is 22.6 Å². The van der Waals surface area contributed by atoms with E-state index >= 15 is 0 Å². The van der Waals surface area contributed by atoms with Crippen LogP contribution in [0.3, 0.4) is 0 Å². The van der Waals surface area contributed by atoms with Crippen molar-refractivity contribution in [2.75, 3.05) is 5.73 Å². The number of nitrogens with zero attached hydrogens (tertiary/aromatic N) is 1. The minimum atomic E-state index is -0.120. The first-order valence-corrected chi connectivity index (χ1v) is 5.49. The molecule has 2 aromatic heterocycles. The summed E-state index contributed by atoms with van der Waals surface area (Å²) in [5.41, 5.74) is 8.61. The zero-order chi connectivity index (χ0) is 12.7. The van der Waals surface area contributed by atoms with Gasteiger partial charge in [0.1, 0.15) is 11.1 Å². The van der Waals surface area contributed by atoms with Crippen molar-refractivity contribution in [2.45, 2.75) is 6.92 Å². The molecule has 5 heteroatoms. The van der Waals surface area contributed by atoms with E-state index in [-0.39, 0.29) is 5.43 Å². The Morgan fingerprint density at radius 1 is 1.33 bits per heavy atom. The fourth-order valence-corrected chi connectivity index (χ4v) is 1.80. The lowest BCUT2D eigenvalue weighted by Gasteiger charge is -1.95. The number of hydrogen-bond donors (Lipinski definition) is 2. The minimum absolute atomic E-state index is 0.120. The third-order valence-electron chi connectivity index (χ3n) is 2.70. The van der Waals surface area contributed by atoms with Crippen molar-refractivity contribution in [3.8, 4) is 11.5 Å². The SMILES string of the molecule is Cc1cc(=O)c(-c2nc3ccc(N)cc3o2)c[nH]1. The third kappa shape index (κ3) is 1.66. The Balaban J connectivity index is 2.22. The summed E-state index contributed by atoms with van der Waals surface area (Å²) >= 11 is 0. The van der Waals surface area contributed by atoms with Gasteiger partial charge in [0.05, 0.1) is 0 Å². The molecule has 90 valence electrons. The molecule has 0 saturated heterocycles. The Labute approximate surface area is 102 Å². The van der Waals surface area contributed by atoms with Crippen molar-refractivity contribution in [3.63, 3.8) is 0 Å². The number of rotatable bonds is 1. The van der Waals surface area contributed by atoms with Crippen molar-refractivity contribution in [1.29, 1.82) is 0 Å². The third-order valence-corrected chi connectivity index (χ3v) is 2.70. The fourth-order valence-electron chi connectivity index (χ4n) is 1.80. The van der Waals surface area contributed by atoms with Crippen LogP contribution < -0.4 is 11.2 Å². The first kappa shape index (κ1) is 10.6. The molecule has 0 bridgehead atoms. The highest BCUT2D eigenvalue weighted by Gasteiger charge is 2.11. The molecule has 0 aliphatic heterocycles. The number of nitrogen functional groups attached to an aromatic ring is 1. The molecule has 0 aliphatic carbocycles. The number of pyridine rings is 1. The van der Waals surface area contributed by atoms with Crippen molar-refractivity contribution < 1.29 is 4.42 Å². The van der Waals surface area contributed by atoms with Gasteiger partial charge in [-0.15, -0.1) is 0 Å². The van der Waals surface area contributed by atoms with Crippen LogP contribution in [0.15, 0.2) is 39.7 Å². The van der Waals surface area contributed by atoms with Gasteiger partial charge in [-0.1, -0.05) is 0 Å². The molecule has 1 aromatic carbocycles. The number of nitrogens with two attached hydrogens (primary N) is 1. The summed E-state index contributed by atoms with van der Waals surface area (Å²) in [6.07, 6.45) is 1.60. The molecule has 0 unspecified atom stereocenters. The van der Waals surface area contributed by atoms with Gasteiger partial charge in [0.25, 0.3) is 0 Å². The van der Waals surface area contributed by atoms with E-state index in [1.165, 1.54) is 6.07 Å². The average molecular weight is 241 g/mol. The Morgan fingerprint density at radius 2 is 2.17 bits per heavy atom. The molecule has 3 aromatic rings. The molecule has 18 heavy (non-hydrogen) atoms. The number of fused-ring (bicyclic) bond motifs is 1. The number of aromatic amines is 1. The normalized spacial score (nSPS) is 10.9. The van der Waals surface area contributed by atoms with Crippen LogP contribution in [0.2, 0.25) is 0 Å². The molecule has 3 N–H and O–H groups in total. The number of nitrogens with one attached hydrogen (secondary N) is 1. The lowest BCUT2D eigenvalue weighted by molar-refractivity contribution is 0.619. The van der Waals surface area contributed by atoms with Crippen LogP contribution in [-0.4, -0.2) is 9.97 Å². The maximum Gasteiger partial charge on any atom is 0.232 e. The fraction of sp³-hybridized carbons (Fsp3) is 0.0769. The number of benzene rings is 1. The van der Waals surface area contributed by atoms with Gasteiger partial charge in [-0.25, -0.2) is 4.98 Å². The second-order valence-electron chi connectivity index (χ2n) is 4.14. The lowest BCUT2D eigenvalue weighted by Crippen LogP contribution is -2.04. The van der Waals surface area contributed by atoms with E-state index in [1.54, 1.807) is 24.4 Å². The van der Waals surface area contributed by atoms with Crippen molar-refractivity contribution in [1.82, 2.24) is 9.97 Å². The lowest BCUT2D eigenvalue weighted by atomic mass is 10.2. The van der Waals surface area contributed by atoms with Crippen molar-refractivity contribution in [3.05, 3.63) is 46.4 Å². The number of anilines is 1. The van der Waals surface area contributed by atoms with E-state index in [0.717, 1.165) is 5.69 Å². The molecule has 2 heterocycles. The summed E-state index contributed by atoms with van der Waals surface area (Å²) in [5, 5.41) is 0. The van der Waals surface area contributed by atoms with E-state index < -0.39 is 0 Å². The molecule has 0 spiro atoms. The highest BCUT2D eigenvalue weighted by molar-refractivity contribution is 5.79. The number of oxazole rings is 1. The van der Waals surface area contributed by atoms with Crippen LogP contribution in [0.1, 0.15) is 5.69 Å². The topological polar surface area (TPSA) is 84.9 Å². The average Bonchev–Trinajstić information content (AvgIpc) is 2.71. The molecular formula is C13H11N3O2. The van der Waals surface area contributed by atoms with E-state index in [4.69, 9.17) is 10.2 Å². The van der Waals surface area contributed by atoms with E-state index in [1.807, 2.05) is 6.92 Å². The summed E-state index contributed by atoms with van der Waals surface area (Å²) in [6, 6.07) is 6.71. The summed E-state index contributed by atoms with van der Waals surface area (Å²) in [4.78, 5) is 19.1. The Kier molecular flexibility index (Phi) is 2.19. The number of aromatic nitrogens is 2. The van der Waals surface area contributed by atoms with Crippen molar-refractivity contribution in [2.24, 2.45) is 0 Å².